The van der Waals surface area contributed by atoms with Crippen LogP contribution in [0.5, 0.6) is 0 Å². The molecule has 0 aliphatic heterocycles. The van der Waals surface area contributed by atoms with Gasteiger partial charge in [0.05, 0.1) is 5.69 Å². The highest BCUT2D eigenvalue weighted by Crippen LogP contribution is 2.44. The van der Waals surface area contributed by atoms with E-state index in [4.69, 9.17) is 10.7 Å². The van der Waals surface area contributed by atoms with Crippen LogP contribution >= 0.6 is 0 Å². The fourth-order valence-electron chi connectivity index (χ4n) is 4.33. The molecule has 5 rings (SSSR count). The third-order valence-electron chi connectivity index (χ3n) is 5.74. The summed E-state index contributed by atoms with van der Waals surface area (Å²) in [6.07, 6.45) is 1.97. The van der Waals surface area contributed by atoms with Crippen LogP contribution in [0, 0.1) is 0 Å². The van der Waals surface area contributed by atoms with Gasteiger partial charge < -0.3 is 10.7 Å². The predicted octanol–water partition coefficient (Wildman–Crippen LogP) is 6.04. The number of hydrogen-bond donors (Lipinski definition) is 2. The number of hydrogen-bond acceptors (Lipinski definition) is 2. The van der Waals surface area contributed by atoms with Crippen LogP contribution in [0.15, 0.2) is 121 Å². The smallest absolute Gasteiger partial charge is 0.126 e. The van der Waals surface area contributed by atoms with Crippen LogP contribution in [-0.2, 0) is 5.41 Å². The first-order valence-corrected chi connectivity index (χ1v) is 10.4. The summed E-state index contributed by atoms with van der Waals surface area (Å²) in [5, 5.41) is 0. The number of nitrogens with two attached hydrogens (primary N) is 1. The number of imidazole rings is 1. The minimum atomic E-state index is -0.581. The molecule has 0 spiro atoms. The van der Waals surface area contributed by atoms with Gasteiger partial charge in [-0.1, -0.05) is 103 Å². The molecule has 0 radical (unpaired) electrons. The molecule has 31 heavy (non-hydrogen) atoms. The van der Waals surface area contributed by atoms with Crippen LogP contribution in [0.25, 0.3) is 11.3 Å². The summed E-state index contributed by atoms with van der Waals surface area (Å²) in [4.78, 5) is 8.62. The fourth-order valence-corrected chi connectivity index (χ4v) is 4.33. The van der Waals surface area contributed by atoms with Gasteiger partial charge in [-0.2, -0.15) is 0 Å². The Labute approximate surface area is 182 Å². The van der Waals surface area contributed by atoms with Crippen molar-refractivity contribution in [2.75, 3.05) is 5.73 Å². The lowest BCUT2D eigenvalue weighted by Gasteiger charge is -2.34. The molecule has 3 heteroatoms. The Kier molecular flexibility index (Phi) is 4.85. The second-order valence-electron chi connectivity index (χ2n) is 7.61. The number of nitrogens with one attached hydrogen (secondary N) is 1. The normalized spacial score (nSPS) is 11.4. The van der Waals surface area contributed by atoms with Gasteiger partial charge in [-0.25, -0.2) is 4.98 Å². The monoisotopic (exact) mass is 401 g/mol. The third kappa shape index (κ3) is 3.30. The van der Waals surface area contributed by atoms with E-state index < -0.39 is 5.41 Å². The highest BCUT2D eigenvalue weighted by atomic mass is 14.9. The number of aromatic amines is 1. The summed E-state index contributed by atoms with van der Waals surface area (Å²) >= 11 is 0. The lowest BCUT2D eigenvalue weighted by Crippen LogP contribution is -2.32. The van der Waals surface area contributed by atoms with Crippen LogP contribution in [-0.4, -0.2) is 9.97 Å². The quantitative estimate of drug-likeness (QED) is 0.279. The Balaban J connectivity index is 1.81. The van der Waals surface area contributed by atoms with Gasteiger partial charge in [0.15, 0.2) is 0 Å². The van der Waals surface area contributed by atoms with Crippen molar-refractivity contribution in [3.63, 3.8) is 0 Å². The molecule has 150 valence electrons. The maximum Gasteiger partial charge on any atom is 0.126 e. The molecule has 0 unspecified atom stereocenters. The van der Waals surface area contributed by atoms with Crippen LogP contribution in [0.1, 0.15) is 22.5 Å². The molecule has 0 aliphatic rings. The number of nitrogen functional groups attached to an aromatic ring is 1. The molecule has 1 heterocycles. The Morgan fingerprint density at radius 3 is 1.61 bits per heavy atom. The predicted molar refractivity (Wildman–Crippen MR) is 127 cm³/mol. The van der Waals surface area contributed by atoms with E-state index in [0.717, 1.165) is 39.5 Å². The first kappa shape index (κ1) is 18.9. The Bertz CT molecular complexity index is 1180. The number of H-pyrrole nitrogens is 1. The van der Waals surface area contributed by atoms with Crippen molar-refractivity contribution < 1.29 is 0 Å². The molecule has 0 saturated carbocycles. The summed E-state index contributed by atoms with van der Waals surface area (Å²) in [6.45, 7) is 0. The van der Waals surface area contributed by atoms with E-state index in [0.29, 0.717) is 0 Å². The lowest BCUT2D eigenvalue weighted by molar-refractivity contribution is 0.692. The standard InChI is InChI=1S/C28H23N3/c29-25-18-10-11-21(19-25)26-20-30-27(31-26)28(22-12-4-1-5-13-22,23-14-6-2-7-15-23)24-16-8-3-9-17-24/h1-20H,29H2,(H,30,31). The summed E-state index contributed by atoms with van der Waals surface area (Å²) in [6, 6.07) is 39.5. The number of benzene rings is 4. The number of rotatable bonds is 5. The lowest BCUT2D eigenvalue weighted by atomic mass is 9.69. The van der Waals surface area contributed by atoms with Gasteiger partial charge >= 0.3 is 0 Å². The number of aromatic nitrogens is 2. The summed E-state index contributed by atoms with van der Waals surface area (Å²) in [5.41, 5.74) is 11.5. The molecular formula is C28H23N3. The molecule has 0 fully saturated rings. The molecule has 4 aromatic carbocycles. The summed E-state index contributed by atoms with van der Waals surface area (Å²) < 4.78 is 0. The summed E-state index contributed by atoms with van der Waals surface area (Å²) in [5.74, 6) is 0.869. The third-order valence-corrected chi connectivity index (χ3v) is 5.74. The highest BCUT2D eigenvalue weighted by molar-refractivity contribution is 5.65. The maximum atomic E-state index is 6.02. The maximum absolute atomic E-state index is 6.02. The van der Waals surface area contributed by atoms with E-state index in [1.165, 1.54) is 0 Å². The van der Waals surface area contributed by atoms with Crippen LogP contribution < -0.4 is 5.73 Å². The van der Waals surface area contributed by atoms with E-state index in [9.17, 15) is 0 Å². The van der Waals surface area contributed by atoms with Crippen molar-refractivity contribution in [1.82, 2.24) is 9.97 Å². The Morgan fingerprint density at radius 1 is 0.613 bits per heavy atom. The van der Waals surface area contributed by atoms with Crippen molar-refractivity contribution in [3.8, 4) is 11.3 Å². The molecule has 0 atom stereocenters. The van der Waals surface area contributed by atoms with Gasteiger partial charge in [-0.05, 0) is 28.8 Å². The average Bonchev–Trinajstić information content (AvgIpc) is 3.32. The number of nitrogens with zero attached hydrogens (tertiary/aromatic N) is 1. The van der Waals surface area contributed by atoms with E-state index >= 15 is 0 Å². The average molecular weight is 402 g/mol. The molecule has 0 aliphatic carbocycles. The molecule has 0 saturated heterocycles. The van der Waals surface area contributed by atoms with Crippen LogP contribution in [0.4, 0.5) is 5.69 Å². The first-order chi connectivity index (χ1) is 15.3. The Hall–Kier alpha value is -4.11. The van der Waals surface area contributed by atoms with Crippen LogP contribution in [0.3, 0.4) is 0 Å². The first-order valence-electron chi connectivity index (χ1n) is 10.4. The topological polar surface area (TPSA) is 54.7 Å². The van der Waals surface area contributed by atoms with Crippen molar-refractivity contribution in [2.45, 2.75) is 5.41 Å². The van der Waals surface area contributed by atoms with Gasteiger partial charge in [0.25, 0.3) is 0 Å². The van der Waals surface area contributed by atoms with Crippen molar-refractivity contribution >= 4 is 5.69 Å². The molecule has 0 bridgehead atoms. The van der Waals surface area contributed by atoms with E-state index in [1.807, 2.05) is 48.7 Å². The second-order valence-corrected chi connectivity index (χ2v) is 7.61. The largest absolute Gasteiger partial charge is 0.399 e. The van der Waals surface area contributed by atoms with Gasteiger partial charge in [-0.3, -0.25) is 0 Å². The zero-order valence-corrected chi connectivity index (χ0v) is 17.1. The van der Waals surface area contributed by atoms with Gasteiger partial charge in [0.2, 0.25) is 0 Å². The zero-order valence-electron chi connectivity index (χ0n) is 17.1. The minimum Gasteiger partial charge on any atom is -0.399 e. The second kappa shape index (κ2) is 7.96. The highest BCUT2D eigenvalue weighted by Gasteiger charge is 2.40. The fraction of sp³-hybridized carbons (Fsp3) is 0.0357. The molecule has 3 nitrogen and oxygen atoms in total. The van der Waals surface area contributed by atoms with Crippen LogP contribution in [0.2, 0.25) is 0 Å². The molecule has 5 aromatic rings. The van der Waals surface area contributed by atoms with Gasteiger partial charge in [-0.15, -0.1) is 0 Å². The number of anilines is 1. The van der Waals surface area contributed by atoms with Crippen molar-refractivity contribution in [2.24, 2.45) is 0 Å². The Morgan fingerprint density at radius 2 is 1.13 bits per heavy atom. The minimum absolute atomic E-state index is 0.581. The zero-order chi connectivity index (χ0) is 21.1. The van der Waals surface area contributed by atoms with Crippen molar-refractivity contribution in [3.05, 3.63) is 144 Å². The molecular weight excluding hydrogens is 378 g/mol. The SMILES string of the molecule is Nc1cccc(-c2c[nH]c(C(c3ccccc3)(c3ccccc3)c3ccccc3)n2)c1. The molecule has 1 aromatic heterocycles. The molecule has 3 N–H and O–H groups in total. The van der Waals surface area contributed by atoms with E-state index in [1.54, 1.807) is 0 Å². The summed E-state index contributed by atoms with van der Waals surface area (Å²) in [7, 11) is 0. The van der Waals surface area contributed by atoms with Crippen molar-refractivity contribution in [1.29, 1.82) is 0 Å². The molecule has 0 amide bonds. The van der Waals surface area contributed by atoms with E-state index in [-0.39, 0.29) is 0 Å². The van der Waals surface area contributed by atoms with Gasteiger partial charge in [0, 0.05) is 17.4 Å². The van der Waals surface area contributed by atoms with E-state index in [2.05, 4.69) is 77.8 Å². The van der Waals surface area contributed by atoms with Gasteiger partial charge in [0.1, 0.15) is 11.2 Å².